The van der Waals surface area contributed by atoms with E-state index in [0.717, 1.165) is 47.1 Å². The summed E-state index contributed by atoms with van der Waals surface area (Å²) in [5.74, 6) is 2.67. The van der Waals surface area contributed by atoms with Crippen LogP contribution in [0, 0.1) is 6.92 Å². The number of benzene rings is 1. The molecule has 2 rings (SSSR count). The Hall–Kier alpha value is -2.10. The van der Waals surface area contributed by atoms with E-state index in [0.29, 0.717) is 6.61 Å². The van der Waals surface area contributed by atoms with Gasteiger partial charge < -0.3 is 10.1 Å². The van der Waals surface area contributed by atoms with E-state index in [2.05, 4.69) is 29.4 Å². The molecule has 0 unspecified atom stereocenters. The van der Waals surface area contributed by atoms with Gasteiger partial charge in [0.1, 0.15) is 17.4 Å². The first kappa shape index (κ1) is 15.3. The van der Waals surface area contributed by atoms with Gasteiger partial charge in [0.25, 0.3) is 0 Å². The zero-order valence-corrected chi connectivity index (χ0v) is 13.2. The normalized spacial score (nSPS) is 10.5. The minimum absolute atomic E-state index is 0.677. The molecule has 0 spiro atoms. The molecule has 4 nitrogen and oxygen atoms in total. The Labute approximate surface area is 126 Å². The quantitative estimate of drug-likeness (QED) is 0.876. The summed E-state index contributed by atoms with van der Waals surface area (Å²) in [4.78, 5) is 9.29. The first-order valence-electron chi connectivity index (χ1n) is 7.48. The van der Waals surface area contributed by atoms with Crippen LogP contribution in [-0.4, -0.2) is 23.6 Å². The lowest BCUT2D eigenvalue weighted by atomic mass is 10.1. The maximum Gasteiger partial charge on any atom is 0.132 e. The molecular weight excluding hydrogens is 262 g/mol. The monoisotopic (exact) mass is 285 g/mol. The average Bonchev–Trinajstić information content (AvgIpc) is 2.50. The van der Waals surface area contributed by atoms with Gasteiger partial charge in [-0.25, -0.2) is 9.97 Å². The molecule has 0 aliphatic heterocycles. The van der Waals surface area contributed by atoms with Crippen molar-refractivity contribution in [3.8, 4) is 17.0 Å². The molecule has 0 fully saturated rings. The van der Waals surface area contributed by atoms with E-state index in [4.69, 9.17) is 9.72 Å². The molecule has 0 atom stereocenters. The van der Waals surface area contributed by atoms with Crippen LogP contribution >= 0.6 is 0 Å². The minimum Gasteiger partial charge on any atom is -0.494 e. The van der Waals surface area contributed by atoms with E-state index >= 15 is 0 Å². The van der Waals surface area contributed by atoms with Crippen LogP contribution in [0.2, 0.25) is 0 Å². The van der Waals surface area contributed by atoms with Crippen molar-refractivity contribution in [1.29, 1.82) is 0 Å². The van der Waals surface area contributed by atoms with Gasteiger partial charge in [0.15, 0.2) is 0 Å². The van der Waals surface area contributed by atoms with Crippen molar-refractivity contribution in [3.63, 3.8) is 0 Å². The van der Waals surface area contributed by atoms with E-state index in [1.165, 1.54) is 0 Å². The van der Waals surface area contributed by atoms with Crippen LogP contribution in [0.3, 0.4) is 0 Å². The minimum atomic E-state index is 0.677. The molecule has 1 aromatic carbocycles. The third kappa shape index (κ3) is 3.51. The van der Waals surface area contributed by atoms with E-state index < -0.39 is 0 Å². The zero-order valence-electron chi connectivity index (χ0n) is 13.2. The maximum atomic E-state index is 5.49. The number of ether oxygens (including phenoxy) is 1. The van der Waals surface area contributed by atoms with Crippen LogP contribution in [0.15, 0.2) is 24.3 Å². The number of rotatable bonds is 6. The number of hydrogen-bond acceptors (Lipinski definition) is 4. The lowest BCUT2D eigenvalue weighted by Crippen LogP contribution is -2.05. The summed E-state index contributed by atoms with van der Waals surface area (Å²) in [6.07, 6.45) is 1.92. The second kappa shape index (κ2) is 7.07. The molecule has 0 aliphatic rings. The Balaban J connectivity index is 2.43. The highest BCUT2D eigenvalue weighted by molar-refractivity contribution is 5.68. The fraction of sp³-hybridized carbons (Fsp3) is 0.412. The van der Waals surface area contributed by atoms with Crippen LogP contribution in [-0.2, 0) is 6.42 Å². The van der Waals surface area contributed by atoms with E-state index in [9.17, 15) is 0 Å². The summed E-state index contributed by atoms with van der Waals surface area (Å²) in [5, 5.41) is 3.16. The van der Waals surface area contributed by atoms with Gasteiger partial charge in [-0.1, -0.05) is 6.92 Å². The predicted molar refractivity (Wildman–Crippen MR) is 86.9 cm³/mol. The summed E-state index contributed by atoms with van der Waals surface area (Å²) in [6, 6.07) is 8.07. The highest BCUT2D eigenvalue weighted by Crippen LogP contribution is 2.27. The van der Waals surface area contributed by atoms with Crippen LogP contribution in [0.25, 0.3) is 11.3 Å². The smallest absolute Gasteiger partial charge is 0.132 e. The van der Waals surface area contributed by atoms with E-state index in [-0.39, 0.29) is 0 Å². The van der Waals surface area contributed by atoms with Gasteiger partial charge in [0.2, 0.25) is 0 Å². The molecule has 0 aliphatic carbocycles. The molecule has 0 bridgehead atoms. The Morgan fingerprint density at radius 3 is 2.38 bits per heavy atom. The Kier molecular flexibility index (Phi) is 5.14. The molecular formula is C17H23N3O. The fourth-order valence-electron chi connectivity index (χ4n) is 2.30. The van der Waals surface area contributed by atoms with Gasteiger partial charge in [0, 0.05) is 24.6 Å². The van der Waals surface area contributed by atoms with Crippen LogP contribution in [0.5, 0.6) is 5.75 Å². The van der Waals surface area contributed by atoms with Crippen molar-refractivity contribution < 1.29 is 4.74 Å². The topological polar surface area (TPSA) is 47.0 Å². The Morgan fingerprint density at radius 1 is 1.10 bits per heavy atom. The van der Waals surface area contributed by atoms with Crippen molar-refractivity contribution in [1.82, 2.24) is 9.97 Å². The second-order valence-electron chi connectivity index (χ2n) is 4.92. The van der Waals surface area contributed by atoms with Crippen molar-refractivity contribution >= 4 is 5.82 Å². The van der Waals surface area contributed by atoms with Crippen LogP contribution in [0.4, 0.5) is 5.82 Å². The van der Waals surface area contributed by atoms with E-state index in [1.807, 2.05) is 33.0 Å². The summed E-state index contributed by atoms with van der Waals surface area (Å²) in [6.45, 7) is 6.85. The van der Waals surface area contributed by atoms with Crippen LogP contribution < -0.4 is 10.1 Å². The fourth-order valence-corrected chi connectivity index (χ4v) is 2.30. The molecule has 0 saturated heterocycles. The van der Waals surface area contributed by atoms with Gasteiger partial charge in [-0.15, -0.1) is 0 Å². The van der Waals surface area contributed by atoms with Gasteiger partial charge >= 0.3 is 0 Å². The molecule has 4 heteroatoms. The third-order valence-electron chi connectivity index (χ3n) is 3.34. The SMILES string of the molecule is CCCc1nc(NC)c(C)c(-c2ccc(OCC)cc2)n1. The Bertz CT molecular complexity index is 594. The number of nitrogens with one attached hydrogen (secondary N) is 1. The summed E-state index contributed by atoms with van der Waals surface area (Å²) < 4.78 is 5.49. The molecule has 2 aromatic rings. The molecule has 112 valence electrons. The van der Waals surface area contributed by atoms with Gasteiger partial charge in [-0.3, -0.25) is 0 Å². The van der Waals surface area contributed by atoms with E-state index in [1.54, 1.807) is 0 Å². The van der Waals surface area contributed by atoms with Gasteiger partial charge in [-0.2, -0.15) is 0 Å². The highest BCUT2D eigenvalue weighted by Gasteiger charge is 2.11. The van der Waals surface area contributed by atoms with Gasteiger partial charge in [-0.05, 0) is 44.5 Å². The summed E-state index contributed by atoms with van der Waals surface area (Å²) in [7, 11) is 1.90. The molecule has 1 heterocycles. The average molecular weight is 285 g/mol. The predicted octanol–water partition coefficient (Wildman–Crippen LogP) is 3.84. The largest absolute Gasteiger partial charge is 0.494 e. The lowest BCUT2D eigenvalue weighted by Gasteiger charge is -2.12. The molecule has 0 amide bonds. The third-order valence-corrected chi connectivity index (χ3v) is 3.34. The molecule has 1 aromatic heterocycles. The van der Waals surface area contributed by atoms with Gasteiger partial charge in [0.05, 0.1) is 12.3 Å². The summed E-state index contributed by atoms with van der Waals surface area (Å²) in [5.41, 5.74) is 3.15. The number of aryl methyl sites for hydroxylation is 1. The molecule has 1 N–H and O–H groups in total. The van der Waals surface area contributed by atoms with Crippen LogP contribution in [0.1, 0.15) is 31.7 Å². The van der Waals surface area contributed by atoms with Crippen molar-refractivity contribution in [2.24, 2.45) is 0 Å². The first-order chi connectivity index (χ1) is 10.2. The van der Waals surface area contributed by atoms with Crippen molar-refractivity contribution in [2.75, 3.05) is 19.0 Å². The number of nitrogens with zero attached hydrogens (tertiary/aromatic N) is 2. The zero-order chi connectivity index (χ0) is 15.2. The molecule has 0 saturated carbocycles. The first-order valence-corrected chi connectivity index (χ1v) is 7.48. The molecule has 21 heavy (non-hydrogen) atoms. The van der Waals surface area contributed by atoms with Crippen molar-refractivity contribution in [2.45, 2.75) is 33.6 Å². The molecule has 0 radical (unpaired) electrons. The Morgan fingerprint density at radius 2 is 1.81 bits per heavy atom. The number of anilines is 1. The number of aromatic nitrogens is 2. The maximum absolute atomic E-state index is 5.49. The summed E-state index contributed by atoms with van der Waals surface area (Å²) >= 11 is 0. The lowest BCUT2D eigenvalue weighted by molar-refractivity contribution is 0.340. The highest BCUT2D eigenvalue weighted by atomic mass is 16.5. The van der Waals surface area contributed by atoms with Crippen molar-refractivity contribution in [3.05, 3.63) is 35.7 Å². The standard InChI is InChI=1S/C17H23N3O/c1-5-7-15-19-16(12(3)17(18-4)20-15)13-8-10-14(11-9-13)21-6-2/h8-11H,5-7H2,1-4H3,(H,18,19,20). The number of hydrogen-bond donors (Lipinski definition) is 1. The second-order valence-corrected chi connectivity index (χ2v) is 4.92.